The number of benzene rings is 1. The molecule has 0 saturated carbocycles. The molecule has 2 rings (SSSR count). The minimum absolute atomic E-state index is 0.599. The molecule has 1 aromatic carbocycles. The number of nitrogens with one attached hydrogen (secondary N) is 1. The Balaban J connectivity index is 2.12. The van der Waals surface area contributed by atoms with Crippen molar-refractivity contribution in [2.75, 3.05) is 25.1 Å². The molecule has 1 aromatic rings. The number of anilines is 1. The van der Waals surface area contributed by atoms with Gasteiger partial charge in [-0.25, -0.2) is 0 Å². The van der Waals surface area contributed by atoms with Crippen molar-refractivity contribution in [1.29, 1.82) is 0 Å². The van der Waals surface area contributed by atoms with Crippen LogP contribution in [0.25, 0.3) is 0 Å². The van der Waals surface area contributed by atoms with E-state index in [0.717, 1.165) is 18.8 Å². The maximum Gasteiger partial charge on any atom is 0.119 e. The summed E-state index contributed by atoms with van der Waals surface area (Å²) in [5, 5.41) is 3.68. The van der Waals surface area contributed by atoms with Crippen LogP contribution in [0.5, 0.6) is 5.75 Å². The average molecular weight is 262 g/mol. The molecule has 1 N–H and O–H groups in total. The zero-order chi connectivity index (χ0) is 13.7. The van der Waals surface area contributed by atoms with Crippen LogP contribution in [0.3, 0.4) is 0 Å². The number of rotatable bonds is 5. The molecule has 19 heavy (non-hydrogen) atoms. The smallest absolute Gasteiger partial charge is 0.119 e. The summed E-state index contributed by atoms with van der Waals surface area (Å²) in [4.78, 5) is 2.55. The standard InChI is InChI=1S/C16H26N2O/c1-4-6-13-12-18(14(5-2)11-17-13)15-7-9-16(19-3)10-8-15/h7-10,13-14,17H,4-6,11-12H2,1-3H3. The Bertz CT molecular complexity index is 377. The van der Waals surface area contributed by atoms with Crippen LogP contribution in [0.1, 0.15) is 33.1 Å². The van der Waals surface area contributed by atoms with Crippen molar-refractivity contribution in [2.45, 2.75) is 45.2 Å². The molecule has 3 heteroatoms. The first-order valence-electron chi connectivity index (χ1n) is 7.42. The lowest BCUT2D eigenvalue weighted by Crippen LogP contribution is -2.56. The Labute approximate surface area is 116 Å². The Morgan fingerprint density at radius 3 is 2.58 bits per heavy atom. The van der Waals surface area contributed by atoms with Crippen molar-refractivity contribution in [3.8, 4) is 5.75 Å². The van der Waals surface area contributed by atoms with Crippen LogP contribution in [-0.4, -0.2) is 32.3 Å². The second-order valence-corrected chi connectivity index (χ2v) is 5.31. The minimum atomic E-state index is 0.599. The Hall–Kier alpha value is -1.22. The number of nitrogens with zero attached hydrogens (tertiary/aromatic N) is 1. The van der Waals surface area contributed by atoms with Crippen LogP contribution >= 0.6 is 0 Å². The average Bonchev–Trinajstić information content (AvgIpc) is 2.47. The van der Waals surface area contributed by atoms with E-state index in [9.17, 15) is 0 Å². The zero-order valence-electron chi connectivity index (χ0n) is 12.4. The molecule has 1 heterocycles. The van der Waals surface area contributed by atoms with Crippen molar-refractivity contribution in [1.82, 2.24) is 5.32 Å². The SMILES string of the molecule is CCCC1CN(c2ccc(OC)cc2)C(CC)CN1. The molecule has 2 atom stereocenters. The second kappa shape index (κ2) is 6.80. The molecule has 1 aliphatic rings. The van der Waals surface area contributed by atoms with Gasteiger partial charge in [-0.05, 0) is 37.1 Å². The summed E-state index contributed by atoms with van der Waals surface area (Å²) in [5.41, 5.74) is 1.32. The molecule has 0 bridgehead atoms. The summed E-state index contributed by atoms with van der Waals surface area (Å²) in [6.45, 7) is 6.72. The van der Waals surface area contributed by atoms with Crippen LogP contribution in [0, 0.1) is 0 Å². The van der Waals surface area contributed by atoms with Gasteiger partial charge in [-0.2, -0.15) is 0 Å². The summed E-state index contributed by atoms with van der Waals surface area (Å²) in [6, 6.07) is 9.68. The minimum Gasteiger partial charge on any atom is -0.497 e. The van der Waals surface area contributed by atoms with Gasteiger partial charge < -0.3 is 15.0 Å². The van der Waals surface area contributed by atoms with Crippen LogP contribution in [-0.2, 0) is 0 Å². The predicted molar refractivity (Wildman–Crippen MR) is 81.1 cm³/mol. The van der Waals surface area contributed by atoms with E-state index in [2.05, 4.69) is 48.3 Å². The highest BCUT2D eigenvalue weighted by Crippen LogP contribution is 2.24. The fourth-order valence-electron chi connectivity index (χ4n) is 2.86. The number of piperazine rings is 1. The predicted octanol–water partition coefficient (Wildman–Crippen LogP) is 3.05. The largest absolute Gasteiger partial charge is 0.497 e. The van der Waals surface area contributed by atoms with Gasteiger partial charge in [0.15, 0.2) is 0 Å². The number of hydrogen-bond acceptors (Lipinski definition) is 3. The molecule has 1 fully saturated rings. The third-order valence-corrected chi connectivity index (χ3v) is 4.01. The fraction of sp³-hybridized carbons (Fsp3) is 0.625. The summed E-state index contributed by atoms with van der Waals surface area (Å²) in [5.74, 6) is 0.928. The summed E-state index contributed by atoms with van der Waals surface area (Å²) in [6.07, 6.45) is 3.67. The maximum absolute atomic E-state index is 5.24. The highest BCUT2D eigenvalue weighted by atomic mass is 16.5. The Morgan fingerprint density at radius 2 is 2.00 bits per heavy atom. The lowest BCUT2D eigenvalue weighted by molar-refractivity contribution is 0.369. The van der Waals surface area contributed by atoms with Crippen LogP contribution in [0.4, 0.5) is 5.69 Å². The van der Waals surface area contributed by atoms with Gasteiger partial charge in [-0.3, -0.25) is 0 Å². The van der Waals surface area contributed by atoms with E-state index in [1.54, 1.807) is 7.11 Å². The molecule has 3 nitrogen and oxygen atoms in total. The highest BCUT2D eigenvalue weighted by molar-refractivity contribution is 5.50. The second-order valence-electron chi connectivity index (χ2n) is 5.31. The van der Waals surface area contributed by atoms with Crippen LogP contribution in [0.2, 0.25) is 0 Å². The third-order valence-electron chi connectivity index (χ3n) is 4.01. The molecule has 0 aromatic heterocycles. The lowest BCUT2D eigenvalue weighted by Gasteiger charge is -2.42. The number of ether oxygens (including phenoxy) is 1. The molecule has 0 amide bonds. The maximum atomic E-state index is 5.24. The van der Waals surface area contributed by atoms with E-state index >= 15 is 0 Å². The molecule has 1 aliphatic heterocycles. The van der Waals surface area contributed by atoms with E-state index in [1.165, 1.54) is 24.9 Å². The number of hydrogen-bond donors (Lipinski definition) is 1. The van der Waals surface area contributed by atoms with E-state index in [0.29, 0.717) is 12.1 Å². The zero-order valence-corrected chi connectivity index (χ0v) is 12.4. The Kier molecular flexibility index (Phi) is 5.08. The van der Waals surface area contributed by atoms with Gasteiger partial charge in [-0.15, -0.1) is 0 Å². The normalized spacial score (nSPS) is 23.4. The molecular weight excluding hydrogens is 236 g/mol. The summed E-state index contributed by atoms with van der Waals surface area (Å²) >= 11 is 0. The van der Waals surface area contributed by atoms with Gasteiger partial charge in [-0.1, -0.05) is 20.3 Å². The molecule has 0 spiro atoms. The van der Waals surface area contributed by atoms with Crippen molar-refractivity contribution in [2.24, 2.45) is 0 Å². The van der Waals surface area contributed by atoms with Crippen LogP contribution in [0.15, 0.2) is 24.3 Å². The van der Waals surface area contributed by atoms with Gasteiger partial charge in [0.2, 0.25) is 0 Å². The van der Waals surface area contributed by atoms with E-state index in [-0.39, 0.29) is 0 Å². The van der Waals surface area contributed by atoms with Crippen LogP contribution < -0.4 is 15.0 Å². The first kappa shape index (κ1) is 14.2. The molecule has 0 aliphatic carbocycles. The van der Waals surface area contributed by atoms with Gasteiger partial charge >= 0.3 is 0 Å². The van der Waals surface area contributed by atoms with E-state index in [4.69, 9.17) is 4.74 Å². The van der Waals surface area contributed by atoms with Gasteiger partial charge in [0.25, 0.3) is 0 Å². The summed E-state index contributed by atoms with van der Waals surface area (Å²) in [7, 11) is 1.71. The lowest BCUT2D eigenvalue weighted by atomic mass is 10.0. The highest BCUT2D eigenvalue weighted by Gasteiger charge is 2.26. The van der Waals surface area contributed by atoms with Crippen molar-refractivity contribution >= 4 is 5.69 Å². The summed E-state index contributed by atoms with van der Waals surface area (Å²) < 4.78 is 5.24. The first-order chi connectivity index (χ1) is 9.28. The van der Waals surface area contributed by atoms with Gasteiger partial charge in [0.05, 0.1) is 7.11 Å². The molecule has 1 saturated heterocycles. The van der Waals surface area contributed by atoms with E-state index in [1.807, 2.05) is 0 Å². The van der Waals surface area contributed by atoms with Crippen molar-refractivity contribution in [3.05, 3.63) is 24.3 Å². The van der Waals surface area contributed by atoms with Gasteiger partial charge in [0.1, 0.15) is 5.75 Å². The topological polar surface area (TPSA) is 24.5 Å². The van der Waals surface area contributed by atoms with Gasteiger partial charge in [0, 0.05) is 30.9 Å². The fourth-order valence-corrected chi connectivity index (χ4v) is 2.86. The number of methoxy groups -OCH3 is 1. The van der Waals surface area contributed by atoms with E-state index < -0.39 is 0 Å². The van der Waals surface area contributed by atoms with Crippen molar-refractivity contribution < 1.29 is 4.74 Å². The molecule has 2 unspecified atom stereocenters. The molecular formula is C16H26N2O. The monoisotopic (exact) mass is 262 g/mol. The third kappa shape index (κ3) is 3.41. The van der Waals surface area contributed by atoms with Crippen molar-refractivity contribution in [3.63, 3.8) is 0 Å². The molecule has 106 valence electrons. The Morgan fingerprint density at radius 1 is 1.26 bits per heavy atom. The molecule has 0 radical (unpaired) electrons. The first-order valence-corrected chi connectivity index (χ1v) is 7.42. The quantitative estimate of drug-likeness (QED) is 0.882.